The lowest BCUT2D eigenvalue weighted by atomic mass is 10.1. The van der Waals surface area contributed by atoms with Crippen molar-refractivity contribution < 1.29 is 63.5 Å². The lowest BCUT2D eigenvalue weighted by Gasteiger charge is -2.21. The third-order valence-electron chi connectivity index (χ3n) is 9.06. The number of ether oxygens (including phenoxy) is 7. The summed E-state index contributed by atoms with van der Waals surface area (Å²) in [6.07, 6.45) is 8.62. The topological polar surface area (TPSA) is 251 Å². The average molecular weight is 1190 g/mol. The Labute approximate surface area is 439 Å². The zero-order valence-corrected chi connectivity index (χ0v) is 43.4. The van der Waals surface area contributed by atoms with E-state index in [0.29, 0.717) is 81.9 Å². The summed E-state index contributed by atoms with van der Waals surface area (Å²) in [5.74, 6) is 0. The number of nitrogens with zero attached hydrogens (tertiary/aromatic N) is 5. The number of fused-ring (bicyclic) bond motifs is 2. The van der Waals surface area contributed by atoms with E-state index in [4.69, 9.17) is 102 Å². The number of epoxide rings is 1. The molecule has 376 valence electrons. The zero-order chi connectivity index (χ0) is 50.1. The van der Waals surface area contributed by atoms with Gasteiger partial charge in [-0.05, 0) is 98.1 Å². The van der Waals surface area contributed by atoms with Gasteiger partial charge in [0.25, 0.3) is 0 Å². The predicted octanol–water partition coefficient (Wildman–Crippen LogP) is 7.75. The van der Waals surface area contributed by atoms with Crippen molar-refractivity contribution in [2.45, 2.75) is 44.4 Å². The molecule has 0 saturated carbocycles. The monoisotopic (exact) mass is 1190 g/mol. The predicted molar refractivity (Wildman–Crippen MR) is 261 cm³/mol. The first kappa shape index (κ1) is 58.9. The van der Waals surface area contributed by atoms with Gasteiger partial charge in [0.2, 0.25) is 0 Å². The highest BCUT2D eigenvalue weighted by molar-refractivity contribution is 9.10. The second-order valence-corrected chi connectivity index (χ2v) is 17.6. The van der Waals surface area contributed by atoms with Gasteiger partial charge in [0.15, 0.2) is 31.4 Å². The number of rotatable bonds is 6. The van der Waals surface area contributed by atoms with Gasteiger partial charge in [0.05, 0.1) is 66.1 Å². The molecule has 69 heavy (non-hydrogen) atoms. The summed E-state index contributed by atoms with van der Waals surface area (Å²) in [7, 11) is 0. The fourth-order valence-corrected chi connectivity index (χ4v) is 7.33. The SMILES string of the molecule is C1CO1.Clc1cc(C2OCCO2)c(Br)cn1.O=Cc1cc(Cl)ncc1Br.OC1OCCc2cnc(Cl)cc21.OC1OCCc2cnc(Cl)cc21.OCCO.OCCc1cnc(Cl)cc1C1OCCO1. The van der Waals surface area contributed by atoms with Gasteiger partial charge in [-0.3, -0.25) is 4.79 Å². The summed E-state index contributed by atoms with van der Waals surface area (Å²) >= 11 is 34.9. The fraction of sp³-hybridized carbons (Fsp3) is 0.409. The number of aromatic nitrogens is 5. The highest BCUT2D eigenvalue weighted by Crippen LogP contribution is 2.32. The van der Waals surface area contributed by atoms with E-state index in [1.54, 1.807) is 49.1 Å². The molecular formula is C44H48Br2Cl5N5O13. The quantitative estimate of drug-likeness (QED) is 0.0619. The van der Waals surface area contributed by atoms with E-state index >= 15 is 0 Å². The Bertz CT molecular complexity index is 2270. The van der Waals surface area contributed by atoms with Crippen LogP contribution in [-0.4, -0.2) is 129 Å². The molecule has 10 rings (SSSR count). The summed E-state index contributed by atoms with van der Waals surface area (Å²) in [6, 6.07) is 8.24. The van der Waals surface area contributed by atoms with Crippen LogP contribution >= 0.6 is 89.9 Å². The molecule has 5 aliphatic rings. The molecule has 10 heterocycles. The van der Waals surface area contributed by atoms with Crippen LogP contribution < -0.4 is 0 Å². The normalized spacial score (nSPS) is 17.6. The van der Waals surface area contributed by atoms with Crippen LogP contribution in [0.25, 0.3) is 0 Å². The maximum Gasteiger partial charge on any atom is 0.185 e. The van der Waals surface area contributed by atoms with Gasteiger partial charge in [-0.1, -0.05) is 58.0 Å². The van der Waals surface area contributed by atoms with Crippen molar-refractivity contribution in [1.82, 2.24) is 24.9 Å². The van der Waals surface area contributed by atoms with Crippen LogP contribution in [0.15, 0.2) is 70.3 Å². The number of carbonyl (C=O) groups is 1. The lowest BCUT2D eigenvalue weighted by molar-refractivity contribution is -0.110. The van der Waals surface area contributed by atoms with Crippen molar-refractivity contribution in [2.75, 3.05) is 72.7 Å². The number of hydrogen-bond donors (Lipinski definition) is 5. The van der Waals surface area contributed by atoms with Crippen molar-refractivity contribution in [3.8, 4) is 0 Å². The maximum absolute atomic E-state index is 10.3. The Morgan fingerprint density at radius 3 is 1.32 bits per heavy atom. The molecule has 5 aliphatic heterocycles. The molecule has 5 N–H and O–H groups in total. The van der Waals surface area contributed by atoms with Crippen molar-refractivity contribution in [1.29, 1.82) is 0 Å². The van der Waals surface area contributed by atoms with Gasteiger partial charge in [-0.25, -0.2) is 24.9 Å². The molecule has 0 aliphatic carbocycles. The van der Waals surface area contributed by atoms with E-state index in [2.05, 4.69) is 61.5 Å². The number of carbonyl (C=O) groups excluding carboxylic acids is 1. The summed E-state index contributed by atoms with van der Waals surface area (Å²) in [4.78, 5) is 29.8. The molecule has 18 nitrogen and oxygen atoms in total. The first-order valence-corrected chi connectivity index (χ1v) is 24.2. The van der Waals surface area contributed by atoms with Crippen LogP contribution in [0.4, 0.5) is 0 Å². The Kier molecular flexibility index (Phi) is 27.7. The van der Waals surface area contributed by atoms with E-state index in [9.17, 15) is 15.0 Å². The molecule has 5 aromatic rings. The van der Waals surface area contributed by atoms with E-state index < -0.39 is 12.6 Å². The van der Waals surface area contributed by atoms with Crippen LogP contribution in [0.1, 0.15) is 74.5 Å². The van der Waals surface area contributed by atoms with Gasteiger partial charge < -0.3 is 58.7 Å². The molecule has 25 heteroatoms. The van der Waals surface area contributed by atoms with Crippen molar-refractivity contribution in [3.63, 3.8) is 0 Å². The molecule has 3 saturated heterocycles. The molecule has 5 aromatic heterocycles. The van der Waals surface area contributed by atoms with E-state index in [1.807, 2.05) is 0 Å². The van der Waals surface area contributed by atoms with Crippen LogP contribution in [-0.2, 0) is 52.4 Å². The number of halogens is 7. The summed E-state index contributed by atoms with van der Waals surface area (Å²) in [5, 5.41) is 44.9. The smallest absolute Gasteiger partial charge is 0.185 e. The third kappa shape index (κ3) is 21.2. The molecule has 2 unspecified atom stereocenters. The number of aliphatic hydroxyl groups excluding tert-OH is 5. The molecule has 3 fully saturated rings. The summed E-state index contributed by atoms with van der Waals surface area (Å²) < 4.78 is 37.5. The molecule has 0 radical (unpaired) electrons. The first-order chi connectivity index (χ1) is 33.3. The van der Waals surface area contributed by atoms with Crippen LogP contribution in [0.5, 0.6) is 0 Å². The number of hydrogen-bond acceptors (Lipinski definition) is 18. The fourth-order valence-electron chi connectivity index (χ4n) is 5.79. The van der Waals surface area contributed by atoms with Crippen LogP contribution in [0.2, 0.25) is 25.8 Å². The lowest BCUT2D eigenvalue weighted by Crippen LogP contribution is -2.15. The molecule has 2 atom stereocenters. The molecule has 0 aromatic carbocycles. The standard InChI is InChI=1S/C10H12ClNO3.C8H7BrClNO2.2C8H8ClNO2.C6H3BrClNO.C2H6O2.C2H4O/c11-9-5-8(10-14-3-4-15-10)7(1-2-13)6-12-9;9-6-4-11-7(10)3-5(6)8-12-1-2-13-8;2*9-7-3-6-5(4-10-7)1-2-12-8(6)11;7-5-2-9-6(8)1-4(5)3-10;3-1-2-4;1-2-3-1/h5-6,10,13H,1-4H2;3-4,8H,1-2H2;2*3-4,8,11H,1-2H2;1-3H;3-4H,1-2H2;1-2H2. The second kappa shape index (κ2) is 32.4. The van der Waals surface area contributed by atoms with Crippen LogP contribution in [0.3, 0.4) is 0 Å². The molecule has 0 amide bonds. The van der Waals surface area contributed by atoms with Gasteiger partial charge in [0.1, 0.15) is 25.8 Å². The molecular weight excluding hydrogens is 1140 g/mol. The van der Waals surface area contributed by atoms with Gasteiger partial charge in [-0.2, -0.15) is 0 Å². The molecule has 0 bridgehead atoms. The third-order valence-corrected chi connectivity index (χ3v) is 11.4. The number of pyridine rings is 5. The summed E-state index contributed by atoms with van der Waals surface area (Å²) in [6.45, 7) is 5.32. The van der Waals surface area contributed by atoms with Crippen molar-refractivity contribution in [2.24, 2.45) is 0 Å². The van der Waals surface area contributed by atoms with Gasteiger partial charge in [-0.15, -0.1) is 0 Å². The zero-order valence-electron chi connectivity index (χ0n) is 36.4. The summed E-state index contributed by atoms with van der Waals surface area (Å²) in [5.41, 5.74) is 6.67. The van der Waals surface area contributed by atoms with Crippen molar-refractivity contribution in [3.05, 3.63) is 141 Å². The average Bonchev–Trinajstić information content (AvgIpc) is 3.93. The van der Waals surface area contributed by atoms with Crippen molar-refractivity contribution >= 4 is 96.2 Å². The number of aldehydes is 1. The van der Waals surface area contributed by atoms with Gasteiger partial charge >= 0.3 is 0 Å². The van der Waals surface area contributed by atoms with E-state index in [-0.39, 0.29) is 32.4 Å². The Hall–Kier alpha value is -2.65. The highest BCUT2D eigenvalue weighted by atomic mass is 79.9. The minimum absolute atomic E-state index is 0.0725. The van der Waals surface area contributed by atoms with E-state index in [0.717, 1.165) is 75.8 Å². The Morgan fingerprint density at radius 2 is 0.899 bits per heavy atom. The minimum atomic E-state index is -0.839. The highest BCUT2D eigenvalue weighted by Gasteiger charge is 2.23. The Morgan fingerprint density at radius 1 is 0.507 bits per heavy atom. The first-order valence-electron chi connectivity index (χ1n) is 20.7. The molecule has 0 spiro atoms. The number of aliphatic hydroxyl groups is 5. The minimum Gasteiger partial charge on any atom is -0.396 e. The Balaban J connectivity index is 0.000000182. The van der Waals surface area contributed by atoms with E-state index in [1.165, 1.54) is 12.3 Å². The van der Waals surface area contributed by atoms with Crippen LogP contribution in [0, 0.1) is 0 Å². The largest absolute Gasteiger partial charge is 0.396 e. The maximum atomic E-state index is 10.3. The van der Waals surface area contributed by atoms with Gasteiger partial charge in [0, 0.05) is 74.4 Å². The second-order valence-electron chi connectivity index (χ2n) is 13.9.